The van der Waals surface area contributed by atoms with E-state index in [0.717, 1.165) is 13.1 Å². The predicted octanol–water partition coefficient (Wildman–Crippen LogP) is -0.604. The lowest BCUT2D eigenvalue weighted by molar-refractivity contribution is -0.135. The number of ether oxygens (including phenoxy) is 1. The number of carbonyl (C=O) groups excluding carboxylic acids is 2. The molecule has 1 aliphatic rings. The number of rotatable bonds is 7. The van der Waals surface area contributed by atoms with E-state index in [9.17, 15) is 9.59 Å². The number of carbonyl (C=O) groups is 2. The normalized spacial score (nSPS) is 17.1. The molecule has 6 nitrogen and oxygen atoms in total. The van der Waals surface area contributed by atoms with Gasteiger partial charge in [-0.05, 0) is 20.8 Å². The fourth-order valence-electron chi connectivity index (χ4n) is 1.58. The van der Waals surface area contributed by atoms with E-state index in [-0.39, 0.29) is 30.1 Å². The van der Waals surface area contributed by atoms with E-state index >= 15 is 0 Å². The molecule has 1 rings (SSSR count). The van der Waals surface area contributed by atoms with Crippen molar-refractivity contribution in [2.24, 2.45) is 0 Å². The zero-order valence-electron chi connectivity index (χ0n) is 11.3. The van der Waals surface area contributed by atoms with Crippen molar-refractivity contribution in [3.8, 4) is 0 Å². The standard InChI is InChI=1S/C12H23N3O3/c1-9(2)15-10(16)4-5-14-11(17)6-18-12(3)7-13-8-12/h9,13H,4-8H2,1-3H3,(H,14,17)(H,15,16). The van der Waals surface area contributed by atoms with Crippen molar-refractivity contribution in [2.75, 3.05) is 26.2 Å². The van der Waals surface area contributed by atoms with Crippen molar-refractivity contribution < 1.29 is 14.3 Å². The molecule has 6 heteroatoms. The minimum Gasteiger partial charge on any atom is -0.363 e. The lowest BCUT2D eigenvalue weighted by Gasteiger charge is -2.38. The zero-order chi connectivity index (χ0) is 13.6. The van der Waals surface area contributed by atoms with Crippen molar-refractivity contribution in [3.63, 3.8) is 0 Å². The molecule has 0 aliphatic carbocycles. The van der Waals surface area contributed by atoms with Gasteiger partial charge >= 0.3 is 0 Å². The van der Waals surface area contributed by atoms with Gasteiger partial charge in [0.25, 0.3) is 0 Å². The second-order valence-electron chi connectivity index (χ2n) is 5.16. The second kappa shape index (κ2) is 6.70. The highest BCUT2D eigenvalue weighted by Crippen LogP contribution is 2.14. The third kappa shape index (κ3) is 5.46. The molecule has 2 amide bonds. The van der Waals surface area contributed by atoms with Crippen LogP contribution >= 0.6 is 0 Å². The molecule has 0 aromatic rings. The summed E-state index contributed by atoms with van der Waals surface area (Å²) < 4.78 is 5.47. The van der Waals surface area contributed by atoms with Gasteiger partial charge in [0.2, 0.25) is 11.8 Å². The molecule has 0 radical (unpaired) electrons. The highest BCUT2D eigenvalue weighted by molar-refractivity contribution is 5.79. The molecule has 1 saturated heterocycles. The molecule has 0 saturated carbocycles. The first kappa shape index (κ1) is 14.9. The monoisotopic (exact) mass is 257 g/mol. The molecule has 0 unspecified atom stereocenters. The minimum atomic E-state index is -0.216. The SMILES string of the molecule is CC(C)NC(=O)CCNC(=O)COC1(C)CNC1. The molecule has 3 N–H and O–H groups in total. The molecule has 0 aromatic heterocycles. The Kier molecular flexibility index (Phi) is 5.55. The summed E-state index contributed by atoms with van der Waals surface area (Å²) in [4.78, 5) is 22.8. The minimum absolute atomic E-state index is 0.0456. The van der Waals surface area contributed by atoms with E-state index in [1.807, 2.05) is 20.8 Å². The van der Waals surface area contributed by atoms with Crippen molar-refractivity contribution in [1.29, 1.82) is 0 Å². The largest absolute Gasteiger partial charge is 0.363 e. The summed E-state index contributed by atoms with van der Waals surface area (Å²) in [5.74, 6) is -0.234. The molecule has 1 aliphatic heterocycles. The third-order valence-corrected chi connectivity index (χ3v) is 2.67. The fraction of sp³-hybridized carbons (Fsp3) is 0.833. The topological polar surface area (TPSA) is 79.5 Å². The number of hydrogen-bond acceptors (Lipinski definition) is 4. The summed E-state index contributed by atoms with van der Waals surface area (Å²) >= 11 is 0. The highest BCUT2D eigenvalue weighted by atomic mass is 16.5. The van der Waals surface area contributed by atoms with Crippen molar-refractivity contribution in [3.05, 3.63) is 0 Å². The van der Waals surface area contributed by atoms with E-state index in [0.29, 0.717) is 13.0 Å². The van der Waals surface area contributed by atoms with Crippen LogP contribution in [0.4, 0.5) is 0 Å². The molecule has 1 fully saturated rings. The molecule has 0 atom stereocenters. The van der Waals surface area contributed by atoms with E-state index in [2.05, 4.69) is 16.0 Å². The smallest absolute Gasteiger partial charge is 0.246 e. The fourth-order valence-corrected chi connectivity index (χ4v) is 1.58. The van der Waals surface area contributed by atoms with Crippen molar-refractivity contribution in [1.82, 2.24) is 16.0 Å². The van der Waals surface area contributed by atoms with Gasteiger partial charge in [-0.25, -0.2) is 0 Å². The first-order valence-electron chi connectivity index (χ1n) is 6.32. The predicted molar refractivity (Wildman–Crippen MR) is 68.1 cm³/mol. The molecular formula is C12H23N3O3. The van der Waals surface area contributed by atoms with Gasteiger partial charge in [-0.15, -0.1) is 0 Å². The number of amides is 2. The van der Waals surface area contributed by atoms with Crippen LogP contribution in [0.15, 0.2) is 0 Å². The molecular weight excluding hydrogens is 234 g/mol. The Morgan fingerprint density at radius 1 is 1.33 bits per heavy atom. The highest BCUT2D eigenvalue weighted by Gasteiger charge is 2.32. The van der Waals surface area contributed by atoms with Gasteiger partial charge in [-0.3, -0.25) is 9.59 Å². The van der Waals surface area contributed by atoms with Crippen LogP contribution in [0.25, 0.3) is 0 Å². The van der Waals surface area contributed by atoms with Gasteiger partial charge in [-0.1, -0.05) is 0 Å². The third-order valence-electron chi connectivity index (χ3n) is 2.67. The average Bonchev–Trinajstić information content (AvgIpc) is 2.22. The Labute approximate surface area is 108 Å². The Hall–Kier alpha value is -1.14. The Morgan fingerprint density at radius 3 is 2.50 bits per heavy atom. The summed E-state index contributed by atoms with van der Waals surface area (Å²) in [5.41, 5.74) is -0.216. The Bertz CT molecular complexity index is 301. The maximum Gasteiger partial charge on any atom is 0.246 e. The molecule has 0 spiro atoms. The van der Waals surface area contributed by atoms with Crippen LogP contribution in [0.1, 0.15) is 27.2 Å². The second-order valence-corrected chi connectivity index (χ2v) is 5.16. The van der Waals surface area contributed by atoms with E-state index in [4.69, 9.17) is 4.74 Å². The van der Waals surface area contributed by atoms with Crippen molar-refractivity contribution >= 4 is 11.8 Å². The van der Waals surface area contributed by atoms with E-state index < -0.39 is 0 Å². The van der Waals surface area contributed by atoms with Gasteiger partial charge < -0.3 is 20.7 Å². The van der Waals surface area contributed by atoms with Crippen LogP contribution < -0.4 is 16.0 Å². The van der Waals surface area contributed by atoms with Crippen LogP contribution in [0.2, 0.25) is 0 Å². The van der Waals surface area contributed by atoms with Gasteiger partial charge in [0.1, 0.15) is 6.61 Å². The van der Waals surface area contributed by atoms with Crippen LogP contribution in [0, 0.1) is 0 Å². The molecule has 18 heavy (non-hydrogen) atoms. The molecule has 0 aromatic carbocycles. The quantitative estimate of drug-likeness (QED) is 0.569. The van der Waals surface area contributed by atoms with Crippen molar-refractivity contribution in [2.45, 2.75) is 38.8 Å². The average molecular weight is 257 g/mol. The summed E-state index contributed by atoms with van der Waals surface area (Å²) in [5, 5.41) is 8.52. The molecule has 1 heterocycles. The maximum atomic E-state index is 11.4. The van der Waals surface area contributed by atoms with Gasteiger partial charge in [0.15, 0.2) is 0 Å². The summed E-state index contributed by atoms with van der Waals surface area (Å²) in [6, 6.07) is 0.127. The lowest BCUT2D eigenvalue weighted by atomic mass is 10.0. The Balaban J connectivity index is 2.04. The summed E-state index contributed by atoms with van der Waals surface area (Å²) in [6.07, 6.45) is 0.294. The summed E-state index contributed by atoms with van der Waals surface area (Å²) in [7, 11) is 0. The lowest BCUT2D eigenvalue weighted by Crippen LogP contribution is -2.59. The molecule has 104 valence electrons. The number of nitrogens with one attached hydrogen (secondary N) is 3. The zero-order valence-corrected chi connectivity index (χ0v) is 11.3. The first-order chi connectivity index (χ1) is 8.41. The van der Waals surface area contributed by atoms with Crippen LogP contribution in [0.5, 0.6) is 0 Å². The Morgan fingerprint density at radius 2 is 2.00 bits per heavy atom. The summed E-state index contributed by atoms with van der Waals surface area (Å²) in [6.45, 7) is 7.70. The van der Waals surface area contributed by atoms with Crippen LogP contribution in [0.3, 0.4) is 0 Å². The van der Waals surface area contributed by atoms with Gasteiger partial charge in [0, 0.05) is 32.1 Å². The van der Waals surface area contributed by atoms with E-state index in [1.54, 1.807) is 0 Å². The number of hydrogen-bond donors (Lipinski definition) is 3. The van der Waals surface area contributed by atoms with E-state index in [1.165, 1.54) is 0 Å². The molecule has 0 bridgehead atoms. The maximum absolute atomic E-state index is 11.4. The van der Waals surface area contributed by atoms with Gasteiger partial charge in [-0.2, -0.15) is 0 Å². The van der Waals surface area contributed by atoms with Gasteiger partial charge in [0.05, 0.1) is 5.60 Å². The first-order valence-corrected chi connectivity index (χ1v) is 6.32. The van der Waals surface area contributed by atoms with Crippen LogP contribution in [-0.2, 0) is 14.3 Å². The van der Waals surface area contributed by atoms with Crippen LogP contribution in [-0.4, -0.2) is 49.7 Å².